The van der Waals surface area contributed by atoms with E-state index < -0.39 is 5.97 Å². The number of rotatable bonds is 5. The van der Waals surface area contributed by atoms with Gasteiger partial charge < -0.3 is 14.5 Å². The highest BCUT2D eigenvalue weighted by Crippen LogP contribution is 2.28. The number of likely N-dealkylation sites (N-methyl/N-ethyl adjacent to an activating group) is 1. The molecule has 1 heterocycles. The lowest BCUT2D eigenvalue weighted by atomic mass is 10.1. The van der Waals surface area contributed by atoms with Crippen LogP contribution in [0.15, 0.2) is 65.2 Å². The third-order valence-electron chi connectivity index (χ3n) is 3.55. The summed E-state index contributed by atoms with van der Waals surface area (Å²) in [7, 11) is 1.47. The van der Waals surface area contributed by atoms with Crippen LogP contribution >= 0.6 is 0 Å². The summed E-state index contributed by atoms with van der Waals surface area (Å²) < 4.78 is 10.8. The molecule has 126 valence electrons. The molecule has 0 aliphatic carbocycles. The topological polar surface area (TPSA) is 81.4 Å². The molecular formula is C19H16N2O4. The number of nitrogens with zero attached hydrogens (tertiary/aromatic N) is 1. The zero-order valence-corrected chi connectivity index (χ0v) is 13.6. The van der Waals surface area contributed by atoms with Gasteiger partial charge in [-0.05, 0) is 12.1 Å². The van der Waals surface area contributed by atoms with E-state index >= 15 is 0 Å². The molecule has 3 rings (SSSR count). The van der Waals surface area contributed by atoms with Gasteiger partial charge >= 0.3 is 5.97 Å². The van der Waals surface area contributed by atoms with E-state index in [0.29, 0.717) is 17.2 Å². The van der Waals surface area contributed by atoms with Crippen molar-refractivity contribution in [2.24, 2.45) is 0 Å². The molecule has 0 aliphatic heterocycles. The van der Waals surface area contributed by atoms with Crippen LogP contribution in [-0.4, -0.2) is 30.5 Å². The van der Waals surface area contributed by atoms with E-state index in [0.717, 1.165) is 5.56 Å². The molecule has 0 saturated heterocycles. The highest BCUT2D eigenvalue weighted by Gasteiger charge is 2.18. The van der Waals surface area contributed by atoms with Crippen LogP contribution in [0, 0.1) is 0 Å². The lowest BCUT2D eigenvalue weighted by Gasteiger charge is -2.07. The van der Waals surface area contributed by atoms with Crippen LogP contribution in [0.4, 0.5) is 0 Å². The summed E-state index contributed by atoms with van der Waals surface area (Å²) in [5, 5.41) is 2.39. The second-order valence-corrected chi connectivity index (χ2v) is 5.19. The Labute approximate surface area is 144 Å². The molecule has 6 nitrogen and oxygen atoms in total. The van der Waals surface area contributed by atoms with Gasteiger partial charge in [0.2, 0.25) is 5.89 Å². The second kappa shape index (κ2) is 7.44. The summed E-state index contributed by atoms with van der Waals surface area (Å²) >= 11 is 0. The summed E-state index contributed by atoms with van der Waals surface area (Å²) in [5.41, 5.74) is 1.68. The predicted octanol–water partition coefficient (Wildman–Crippen LogP) is 2.91. The van der Waals surface area contributed by atoms with Gasteiger partial charge in [-0.1, -0.05) is 42.5 Å². The first-order valence-electron chi connectivity index (χ1n) is 7.67. The molecule has 1 N–H and O–H groups in total. The molecule has 0 radical (unpaired) electrons. The second-order valence-electron chi connectivity index (χ2n) is 5.19. The number of ether oxygens (including phenoxy) is 1. The molecule has 1 aromatic heterocycles. The quantitative estimate of drug-likeness (QED) is 0.725. The predicted molar refractivity (Wildman–Crippen MR) is 91.7 cm³/mol. The van der Waals surface area contributed by atoms with Gasteiger partial charge in [0.15, 0.2) is 12.4 Å². The van der Waals surface area contributed by atoms with E-state index in [4.69, 9.17) is 9.15 Å². The number of amides is 1. The van der Waals surface area contributed by atoms with Crippen LogP contribution < -0.4 is 5.32 Å². The van der Waals surface area contributed by atoms with E-state index in [1.54, 1.807) is 30.5 Å². The number of carbonyl (C=O) groups excluding carboxylic acids is 2. The fraction of sp³-hybridized carbons (Fsp3) is 0.105. The SMILES string of the molecule is CNC(=O)COC(=O)c1ccccc1-c1ncc(-c2ccccc2)o1. The Balaban J connectivity index is 1.87. The lowest BCUT2D eigenvalue weighted by molar-refractivity contribution is -0.123. The molecule has 2 aromatic carbocycles. The van der Waals surface area contributed by atoms with E-state index in [1.807, 2.05) is 30.3 Å². The van der Waals surface area contributed by atoms with Crippen molar-refractivity contribution in [1.82, 2.24) is 10.3 Å². The van der Waals surface area contributed by atoms with Gasteiger partial charge in [0, 0.05) is 12.6 Å². The van der Waals surface area contributed by atoms with Crippen molar-refractivity contribution in [3.05, 3.63) is 66.4 Å². The zero-order chi connectivity index (χ0) is 17.6. The number of oxazole rings is 1. The van der Waals surface area contributed by atoms with Crippen molar-refractivity contribution < 1.29 is 18.7 Å². The summed E-state index contributed by atoms with van der Waals surface area (Å²) in [6, 6.07) is 16.4. The number of carbonyl (C=O) groups is 2. The molecule has 25 heavy (non-hydrogen) atoms. The maximum absolute atomic E-state index is 12.3. The van der Waals surface area contributed by atoms with Crippen LogP contribution in [0.5, 0.6) is 0 Å². The molecule has 6 heteroatoms. The first-order valence-corrected chi connectivity index (χ1v) is 7.67. The van der Waals surface area contributed by atoms with Gasteiger partial charge in [-0.15, -0.1) is 0 Å². The van der Waals surface area contributed by atoms with Gasteiger partial charge in [-0.2, -0.15) is 0 Å². The van der Waals surface area contributed by atoms with Crippen molar-refractivity contribution >= 4 is 11.9 Å². The molecule has 0 aliphatic rings. The van der Waals surface area contributed by atoms with Crippen LogP contribution in [0.1, 0.15) is 10.4 Å². The average molecular weight is 336 g/mol. The Morgan fingerprint density at radius 1 is 1.08 bits per heavy atom. The maximum atomic E-state index is 12.3. The lowest BCUT2D eigenvalue weighted by Crippen LogP contribution is -2.25. The molecule has 0 fully saturated rings. The molecule has 0 saturated carbocycles. The molecule has 0 unspecified atom stereocenters. The Morgan fingerprint density at radius 3 is 2.56 bits per heavy atom. The monoisotopic (exact) mass is 336 g/mol. The molecule has 3 aromatic rings. The maximum Gasteiger partial charge on any atom is 0.339 e. The van der Waals surface area contributed by atoms with Crippen molar-refractivity contribution in [2.75, 3.05) is 13.7 Å². The zero-order valence-electron chi connectivity index (χ0n) is 13.6. The first-order chi connectivity index (χ1) is 12.2. The number of hydrogen-bond donors (Lipinski definition) is 1. The number of benzene rings is 2. The standard InChI is InChI=1S/C19H16N2O4/c1-20-17(22)12-24-19(23)15-10-6-5-9-14(15)18-21-11-16(25-18)13-7-3-2-4-8-13/h2-11H,12H2,1H3,(H,20,22). The molecule has 0 atom stereocenters. The molecule has 0 bridgehead atoms. The van der Waals surface area contributed by atoms with Gasteiger partial charge in [-0.25, -0.2) is 9.78 Å². The van der Waals surface area contributed by atoms with E-state index in [1.165, 1.54) is 7.05 Å². The fourth-order valence-corrected chi connectivity index (χ4v) is 2.26. The number of aromatic nitrogens is 1. The normalized spacial score (nSPS) is 10.3. The summed E-state index contributed by atoms with van der Waals surface area (Å²) in [5.74, 6) is -0.0811. The largest absolute Gasteiger partial charge is 0.452 e. The van der Waals surface area contributed by atoms with E-state index in [2.05, 4.69) is 10.3 Å². The Kier molecular flexibility index (Phi) is 4.89. The van der Waals surface area contributed by atoms with Crippen molar-refractivity contribution in [1.29, 1.82) is 0 Å². The summed E-state index contributed by atoms with van der Waals surface area (Å²) in [6.07, 6.45) is 1.61. The first kappa shape index (κ1) is 16.4. The Hall–Kier alpha value is -3.41. The number of esters is 1. The highest BCUT2D eigenvalue weighted by atomic mass is 16.5. The third kappa shape index (κ3) is 3.74. The third-order valence-corrected chi connectivity index (χ3v) is 3.55. The van der Waals surface area contributed by atoms with Gasteiger partial charge in [0.25, 0.3) is 5.91 Å². The highest BCUT2D eigenvalue weighted by molar-refractivity contribution is 5.97. The minimum absolute atomic E-state index is 0.285. The van der Waals surface area contributed by atoms with E-state index in [-0.39, 0.29) is 18.1 Å². The van der Waals surface area contributed by atoms with Crippen LogP contribution in [-0.2, 0) is 9.53 Å². The average Bonchev–Trinajstić information content (AvgIpc) is 3.16. The van der Waals surface area contributed by atoms with Gasteiger partial charge in [0.1, 0.15) is 0 Å². The van der Waals surface area contributed by atoms with Gasteiger partial charge in [0.05, 0.1) is 17.3 Å². The van der Waals surface area contributed by atoms with E-state index in [9.17, 15) is 9.59 Å². The van der Waals surface area contributed by atoms with Gasteiger partial charge in [-0.3, -0.25) is 4.79 Å². The Morgan fingerprint density at radius 2 is 1.80 bits per heavy atom. The van der Waals surface area contributed by atoms with Crippen molar-refractivity contribution in [3.63, 3.8) is 0 Å². The molecule has 0 spiro atoms. The minimum Gasteiger partial charge on any atom is -0.452 e. The van der Waals surface area contributed by atoms with Crippen LogP contribution in [0.3, 0.4) is 0 Å². The van der Waals surface area contributed by atoms with Crippen LogP contribution in [0.25, 0.3) is 22.8 Å². The minimum atomic E-state index is -0.612. The van der Waals surface area contributed by atoms with Crippen LogP contribution in [0.2, 0.25) is 0 Å². The molecular weight excluding hydrogens is 320 g/mol. The van der Waals surface area contributed by atoms with Crippen molar-refractivity contribution in [3.8, 4) is 22.8 Å². The number of nitrogens with one attached hydrogen (secondary N) is 1. The summed E-state index contributed by atoms with van der Waals surface area (Å²) in [6.45, 7) is -0.343. The molecule has 1 amide bonds. The fourth-order valence-electron chi connectivity index (χ4n) is 2.26. The summed E-state index contributed by atoms with van der Waals surface area (Å²) in [4.78, 5) is 27.8. The number of hydrogen-bond acceptors (Lipinski definition) is 5. The Bertz CT molecular complexity index is 887. The van der Waals surface area contributed by atoms with Crippen molar-refractivity contribution in [2.45, 2.75) is 0 Å². The smallest absolute Gasteiger partial charge is 0.339 e.